The van der Waals surface area contributed by atoms with E-state index in [0.29, 0.717) is 31.9 Å². The molecule has 1 saturated heterocycles. The fourth-order valence-corrected chi connectivity index (χ4v) is 2.45. The molecule has 0 radical (unpaired) electrons. The number of amides is 1. The Hall–Kier alpha value is -2.22. The summed E-state index contributed by atoms with van der Waals surface area (Å²) < 4.78 is 5.26. The van der Waals surface area contributed by atoms with Crippen LogP contribution in [0.5, 0.6) is 0 Å². The summed E-state index contributed by atoms with van der Waals surface area (Å²) in [6, 6.07) is 0.883. The van der Waals surface area contributed by atoms with Gasteiger partial charge in [-0.3, -0.25) is 14.9 Å². The summed E-state index contributed by atoms with van der Waals surface area (Å²) in [5, 5.41) is 14.2. The highest BCUT2D eigenvalue weighted by atomic mass is 16.6. The highest BCUT2D eigenvalue weighted by molar-refractivity contribution is 5.85. The van der Waals surface area contributed by atoms with Crippen LogP contribution in [-0.2, 0) is 9.53 Å². The van der Waals surface area contributed by atoms with Gasteiger partial charge in [0.25, 0.3) is 0 Å². The third kappa shape index (κ3) is 4.16. The number of pyridine rings is 1. The van der Waals surface area contributed by atoms with Crippen molar-refractivity contribution in [1.82, 2.24) is 9.88 Å². The van der Waals surface area contributed by atoms with Crippen LogP contribution < -0.4 is 5.32 Å². The molecule has 1 aliphatic heterocycles. The first-order chi connectivity index (χ1) is 10.9. The topological polar surface area (TPSA) is 97.6 Å². The molecule has 1 atom stereocenters. The molecule has 126 valence electrons. The van der Waals surface area contributed by atoms with Gasteiger partial charge in [-0.1, -0.05) is 13.8 Å². The predicted molar refractivity (Wildman–Crippen MR) is 85.3 cm³/mol. The second-order valence-corrected chi connectivity index (χ2v) is 5.94. The molecule has 0 aliphatic carbocycles. The monoisotopic (exact) mass is 322 g/mol. The van der Waals surface area contributed by atoms with Crippen LogP contribution in [0.15, 0.2) is 12.3 Å². The largest absolute Gasteiger partial charge is 0.378 e. The molecule has 0 aromatic carbocycles. The van der Waals surface area contributed by atoms with Gasteiger partial charge in [-0.05, 0) is 18.4 Å². The number of ether oxygens (including phenoxy) is 1. The van der Waals surface area contributed by atoms with Crippen LogP contribution in [0.25, 0.3) is 0 Å². The molecule has 1 fully saturated rings. The summed E-state index contributed by atoms with van der Waals surface area (Å²) in [4.78, 5) is 29.3. The van der Waals surface area contributed by atoms with E-state index in [2.05, 4.69) is 10.3 Å². The minimum absolute atomic E-state index is 0.0342. The van der Waals surface area contributed by atoms with E-state index >= 15 is 0 Å². The number of aryl methyl sites for hydroxylation is 1. The number of carbonyl (C=O) groups excluding carboxylic acids is 1. The van der Waals surface area contributed by atoms with Gasteiger partial charge in [0.05, 0.1) is 18.1 Å². The molecule has 0 spiro atoms. The van der Waals surface area contributed by atoms with Crippen LogP contribution in [-0.4, -0.2) is 53.1 Å². The molecular weight excluding hydrogens is 300 g/mol. The van der Waals surface area contributed by atoms with E-state index in [4.69, 9.17) is 4.74 Å². The third-order valence-corrected chi connectivity index (χ3v) is 3.75. The molecule has 1 unspecified atom stereocenters. The van der Waals surface area contributed by atoms with Crippen molar-refractivity contribution < 1.29 is 14.5 Å². The van der Waals surface area contributed by atoms with Crippen molar-refractivity contribution in [3.8, 4) is 0 Å². The minimum atomic E-state index is -0.568. The number of nitrogens with zero attached hydrogens (tertiary/aromatic N) is 3. The third-order valence-electron chi connectivity index (χ3n) is 3.75. The molecule has 8 nitrogen and oxygen atoms in total. The Balaban J connectivity index is 2.22. The Bertz CT molecular complexity index is 585. The van der Waals surface area contributed by atoms with E-state index in [0.717, 1.165) is 0 Å². The second-order valence-electron chi connectivity index (χ2n) is 5.94. The first kappa shape index (κ1) is 17.1. The predicted octanol–water partition coefficient (Wildman–Crippen LogP) is 1.59. The summed E-state index contributed by atoms with van der Waals surface area (Å²) in [5.41, 5.74) is 0.577. The first-order valence-corrected chi connectivity index (χ1v) is 7.64. The summed E-state index contributed by atoms with van der Waals surface area (Å²) in [6.07, 6.45) is 1.55. The number of nitro groups is 1. The van der Waals surface area contributed by atoms with E-state index in [-0.39, 0.29) is 23.3 Å². The quantitative estimate of drug-likeness (QED) is 0.653. The van der Waals surface area contributed by atoms with Gasteiger partial charge in [-0.2, -0.15) is 0 Å². The molecule has 1 N–H and O–H groups in total. The smallest absolute Gasteiger partial charge is 0.311 e. The van der Waals surface area contributed by atoms with Gasteiger partial charge in [-0.25, -0.2) is 4.98 Å². The van der Waals surface area contributed by atoms with Gasteiger partial charge >= 0.3 is 5.69 Å². The van der Waals surface area contributed by atoms with Gasteiger partial charge in [0.2, 0.25) is 11.7 Å². The molecule has 2 rings (SSSR count). The lowest BCUT2D eigenvalue weighted by molar-refractivity contribution is -0.384. The first-order valence-electron chi connectivity index (χ1n) is 7.64. The number of hydrogen-bond donors (Lipinski definition) is 1. The van der Waals surface area contributed by atoms with E-state index < -0.39 is 11.0 Å². The molecule has 0 bridgehead atoms. The molecule has 1 amide bonds. The van der Waals surface area contributed by atoms with Crippen LogP contribution in [0.4, 0.5) is 11.5 Å². The van der Waals surface area contributed by atoms with Crippen molar-refractivity contribution in [2.24, 2.45) is 5.92 Å². The van der Waals surface area contributed by atoms with Gasteiger partial charge in [0.1, 0.15) is 6.04 Å². The van der Waals surface area contributed by atoms with Crippen molar-refractivity contribution in [2.75, 3.05) is 31.6 Å². The molecule has 8 heteroatoms. The Morgan fingerprint density at radius 1 is 1.43 bits per heavy atom. The molecular formula is C15H22N4O4. The highest BCUT2D eigenvalue weighted by Crippen LogP contribution is 2.25. The Morgan fingerprint density at radius 3 is 2.65 bits per heavy atom. The zero-order chi connectivity index (χ0) is 17.0. The number of carbonyl (C=O) groups is 1. The van der Waals surface area contributed by atoms with Crippen molar-refractivity contribution in [3.05, 3.63) is 27.9 Å². The fourth-order valence-electron chi connectivity index (χ4n) is 2.45. The van der Waals surface area contributed by atoms with E-state index in [1.165, 1.54) is 6.07 Å². The lowest BCUT2D eigenvalue weighted by Gasteiger charge is -2.32. The van der Waals surface area contributed by atoms with Crippen LogP contribution in [0.2, 0.25) is 0 Å². The maximum absolute atomic E-state index is 12.7. The molecule has 1 aromatic heterocycles. The fraction of sp³-hybridized carbons (Fsp3) is 0.600. The van der Waals surface area contributed by atoms with Gasteiger partial charge in [0.15, 0.2) is 0 Å². The number of aromatic nitrogens is 1. The lowest BCUT2D eigenvalue weighted by Crippen LogP contribution is -2.50. The van der Waals surface area contributed by atoms with Crippen LogP contribution >= 0.6 is 0 Å². The second kappa shape index (κ2) is 7.36. The van der Waals surface area contributed by atoms with Crippen molar-refractivity contribution >= 4 is 17.4 Å². The zero-order valence-corrected chi connectivity index (χ0v) is 13.6. The van der Waals surface area contributed by atoms with Gasteiger partial charge in [-0.15, -0.1) is 0 Å². The standard InChI is InChI=1S/C15H22N4O4/c1-10(2)13(15(20)18-4-6-23-7-5-18)17-14-12(19(21)22)8-11(3)9-16-14/h8-10,13H,4-7H2,1-3H3,(H,16,17). The van der Waals surface area contributed by atoms with E-state index in [9.17, 15) is 14.9 Å². The van der Waals surface area contributed by atoms with Crippen LogP contribution in [0, 0.1) is 23.0 Å². The lowest BCUT2D eigenvalue weighted by atomic mass is 10.0. The number of nitrogens with one attached hydrogen (secondary N) is 1. The van der Waals surface area contributed by atoms with Crippen LogP contribution in [0.3, 0.4) is 0 Å². The summed E-state index contributed by atoms with van der Waals surface area (Å²) in [5.74, 6) is 0.00827. The Labute approximate surface area is 135 Å². The average molecular weight is 322 g/mol. The molecule has 1 aliphatic rings. The summed E-state index contributed by atoms with van der Waals surface area (Å²) >= 11 is 0. The maximum atomic E-state index is 12.7. The SMILES string of the molecule is Cc1cnc(NC(C(=O)N2CCOCC2)C(C)C)c([N+](=O)[O-])c1. The van der Waals surface area contributed by atoms with Gasteiger partial charge < -0.3 is 15.0 Å². The summed E-state index contributed by atoms with van der Waals surface area (Å²) in [6.45, 7) is 7.63. The minimum Gasteiger partial charge on any atom is -0.378 e. The molecule has 2 heterocycles. The zero-order valence-electron chi connectivity index (χ0n) is 13.6. The normalized spacial score (nSPS) is 16.3. The maximum Gasteiger partial charge on any atom is 0.311 e. The highest BCUT2D eigenvalue weighted by Gasteiger charge is 2.30. The van der Waals surface area contributed by atoms with E-state index in [1.807, 2.05) is 13.8 Å². The van der Waals surface area contributed by atoms with Crippen molar-refractivity contribution in [3.63, 3.8) is 0 Å². The van der Waals surface area contributed by atoms with Crippen molar-refractivity contribution in [2.45, 2.75) is 26.8 Å². The molecule has 23 heavy (non-hydrogen) atoms. The Morgan fingerprint density at radius 2 is 2.09 bits per heavy atom. The number of rotatable bonds is 5. The molecule has 0 saturated carbocycles. The van der Waals surface area contributed by atoms with E-state index in [1.54, 1.807) is 18.0 Å². The summed E-state index contributed by atoms with van der Waals surface area (Å²) in [7, 11) is 0. The molecule has 1 aromatic rings. The number of anilines is 1. The van der Waals surface area contributed by atoms with Crippen molar-refractivity contribution in [1.29, 1.82) is 0 Å². The Kier molecular flexibility index (Phi) is 5.49. The van der Waals surface area contributed by atoms with Crippen LogP contribution in [0.1, 0.15) is 19.4 Å². The number of hydrogen-bond acceptors (Lipinski definition) is 6. The van der Waals surface area contributed by atoms with Gasteiger partial charge in [0, 0.05) is 25.4 Å². The average Bonchev–Trinajstić information content (AvgIpc) is 2.53. The number of morpholine rings is 1.